The van der Waals surface area contributed by atoms with Gasteiger partial charge in [-0.2, -0.15) is 0 Å². The van der Waals surface area contributed by atoms with Crippen molar-refractivity contribution in [3.05, 3.63) is 0 Å². The van der Waals surface area contributed by atoms with Crippen LogP contribution in [0.2, 0.25) is 0 Å². The summed E-state index contributed by atoms with van der Waals surface area (Å²) < 4.78 is 4.60. The number of carbonyl (C=O) groups excluding carboxylic acids is 1. The van der Waals surface area contributed by atoms with E-state index in [0.29, 0.717) is 6.42 Å². The van der Waals surface area contributed by atoms with Gasteiger partial charge in [-0.25, -0.2) is 0 Å². The normalized spacial score (nSPS) is 12.3. The Bertz CT molecular complexity index is 216. The Morgan fingerprint density at radius 1 is 0.900 bits per heavy atom. The van der Waals surface area contributed by atoms with Gasteiger partial charge in [0, 0.05) is 6.42 Å². The lowest BCUT2D eigenvalue weighted by Gasteiger charge is -2.09. The van der Waals surface area contributed by atoms with E-state index in [2.05, 4.69) is 11.7 Å². The van der Waals surface area contributed by atoms with E-state index >= 15 is 0 Å². The smallest absolute Gasteiger partial charge is 0.305 e. The van der Waals surface area contributed by atoms with Crippen molar-refractivity contribution in [1.82, 2.24) is 0 Å². The second-order valence-corrected chi connectivity index (χ2v) is 5.74. The van der Waals surface area contributed by atoms with Crippen molar-refractivity contribution < 1.29 is 14.6 Å². The van der Waals surface area contributed by atoms with Gasteiger partial charge >= 0.3 is 5.97 Å². The molecule has 0 aromatic heterocycles. The lowest BCUT2D eigenvalue weighted by atomic mass is 10.0. The molecule has 3 heteroatoms. The van der Waals surface area contributed by atoms with Crippen LogP contribution in [-0.4, -0.2) is 24.3 Å². The van der Waals surface area contributed by atoms with Gasteiger partial charge in [-0.3, -0.25) is 4.79 Å². The Hall–Kier alpha value is -0.570. The molecule has 0 aliphatic carbocycles. The number of ether oxygens (including phenoxy) is 1. The first kappa shape index (κ1) is 19.4. The molecule has 0 bridgehead atoms. The molecule has 0 saturated carbocycles. The third-order valence-electron chi connectivity index (χ3n) is 3.79. The highest BCUT2D eigenvalue weighted by Gasteiger charge is 2.03. The zero-order chi connectivity index (χ0) is 15.1. The Balaban J connectivity index is 3.14. The molecule has 1 N–H and O–H groups in total. The van der Waals surface area contributed by atoms with Crippen LogP contribution in [0.15, 0.2) is 0 Å². The van der Waals surface area contributed by atoms with Gasteiger partial charge in [0.2, 0.25) is 0 Å². The fourth-order valence-corrected chi connectivity index (χ4v) is 2.41. The summed E-state index contributed by atoms with van der Waals surface area (Å²) in [4.78, 5) is 10.9. The molecule has 0 aromatic carbocycles. The fraction of sp³-hybridized carbons (Fsp3) is 0.941. The number of carbonyl (C=O) groups is 1. The minimum Gasteiger partial charge on any atom is -0.469 e. The van der Waals surface area contributed by atoms with Gasteiger partial charge in [0.05, 0.1) is 13.2 Å². The van der Waals surface area contributed by atoms with E-state index in [0.717, 1.165) is 38.5 Å². The van der Waals surface area contributed by atoms with Gasteiger partial charge in [0.1, 0.15) is 0 Å². The number of aliphatic hydroxyl groups is 1. The summed E-state index contributed by atoms with van der Waals surface area (Å²) in [7, 11) is 1.44. The van der Waals surface area contributed by atoms with Crippen LogP contribution in [0.4, 0.5) is 0 Å². The minimum absolute atomic E-state index is 0.0818. The molecule has 0 amide bonds. The molecule has 0 aromatic rings. The summed E-state index contributed by atoms with van der Waals surface area (Å²) in [5.41, 5.74) is 0. The summed E-state index contributed by atoms with van der Waals surface area (Å²) in [6.45, 7) is 2.19. The number of hydrogen-bond acceptors (Lipinski definition) is 3. The van der Waals surface area contributed by atoms with Crippen molar-refractivity contribution >= 4 is 5.97 Å². The van der Waals surface area contributed by atoms with Crippen LogP contribution < -0.4 is 0 Å². The van der Waals surface area contributed by atoms with Crippen molar-refractivity contribution in [3.63, 3.8) is 0 Å². The molecule has 0 spiro atoms. The maximum Gasteiger partial charge on any atom is 0.305 e. The van der Waals surface area contributed by atoms with Gasteiger partial charge in [0.15, 0.2) is 0 Å². The van der Waals surface area contributed by atoms with E-state index in [-0.39, 0.29) is 12.1 Å². The summed E-state index contributed by atoms with van der Waals surface area (Å²) in [5.74, 6) is -0.0953. The Kier molecular flexibility index (Phi) is 14.4. The first-order valence-electron chi connectivity index (χ1n) is 8.45. The molecule has 20 heavy (non-hydrogen) atoms. The molecular weight excluding hydrogens is 252 g/mol. The Morgan fingerprint density at radius 2 is 1.40 bits per heavy atom. The SMILES string of the molecule is CCCCC[C@@H](O)CCCCCCCCCC(=O)OC. The maximum atomic E-state index is 10.9. The van der Waals surface area contributed by atoms with Crippen molar-refractivity contribution in [2.24, 2.45) is 0 Å². The Morgan fingerprint density at radius 3 is 1.95 bits per heavy atom. The highest BCUT2D eigenvalue weighted by atomic mass is 16.5. The van der Waals surface area contributed by atoms with E-state index in [9.17, 15) is 9.90 Å². The topological polar surface area (TPSA) is 46.5 Å². The van der Waals surface area contributed by atoms with Crippen LogP contribution in [0.25, 0.3) is 0 Å². The van der Waals surface area contributed by atoms with Crippen molar-refractivity contribution in [2.45, 2.75) is 96.5 Å². The first-order valence-corrected chi connectivity index (χ1v) is 8.45. The quantitative estimate of drug-likeness (QED) is 0.374. The van der Waals surface area contributed by atoms with Crippen LogP contribution in [-0.2, 0) is 9.53 Å². The number of esters is 1. The molecule has 0 heterocycles. The molecule has 120 valence electrons. The fourth-order valence-electron chi connectivity index (χ4n) is 2.41. The number of unbranched alkanes of at least 4 members (excludes halogenated alkanes) is 8. The van der Waals surface area contributed by atoms with E-state index in [1.165, 1.54) is 45.6 Å². The maximum absolute atomic E-state index is 10.9. The van der Waals surface area contributed by atoms with Crippen molar-refractivity contribution in [1.29, 1.82) is 0 Å². The molecule has 0 fully saturated rings. The number of aliphatic hydroxyl groups excluding tert-OH is 1. The molecule has 3 nitrogen and oxygen atoms in total. The van der Waals surface area contributed by atoms with Crippen LogP contribution in [0.5, 0.6) is 0 Å². The van der Waals surface area contributed by atoms with Crippen LogP contribution in [0.3, 0.4) is 0 Å². The molecule has 0 aliphatic heterocycles. The zero-order valence-corrected chi connectivity index (χ0v) is 13.5. The van der Waals surface area contributed by atoms with E-state index < -0.39 is 0 Å². The van der Waals surface area contributed by atoms with Crippen molar-refractivity contribution in [2.75, 3.05) is 7.11 Å². The van der Waals surface area contributed by atoms with E-state index in [1.807, 2.05) is 0 Å². The number of hydrogen-bond donors (Lipinski definition) is 1. The Labute approximate surface area is 125 Å². The number of methoxy groups -OCH3 is 1. The largest absolute Gasteiger partial charge is 0.469 e. The summed E-state index contributed by atoms with van der Waals surface area (Å²) in [5, 5.41) is 9.78. The third-order valence-corrected chi connectivity index (χ3v) is 3.79. The molecule has 1 atom stereocenters. The van der Waals surface area contributed by atoms with Gasteiger partial charge in [-0.15, -0.1) is 0 Å². The van der Waals surface area contributed by atoms with Crippen LogP contribution >= 0.6 is 0 Å². The van der Waals surface area contributed by atoms with E-state index in [4.69, 9.17) is 0 Å². The molecule has 0 radical (unpaired) electrons. The predicted octanol–water partition coefficient (Wildman–Crippen LogP) is 4.61. The molecule has 0 saturated heterocycles. The standard InChI is InChI=1S/C17H34O3/c1-3-4-10-13-16(18)14-11-8-6-5-7-9-12-15-17(19)20-2/h16,18H,3-15H2,1-2H3/t16-/m1/s1. The molecule has 0 rings (SSSR count). The average Bonchev–Trinajstić information content (AvgIpc) is 2.45. The average molecular weight is 286 g/mol. The second kappa shape index (κ2) is 14.8. The molecule has 0 unspecified atom stereocenters. The van der Waals surface area contributed by atoms with Crippen LogP contribution in [0.1, 0.15) is 90.4 Å². The van der Waals surface area contributed by atoms with Gasteiger partial charge in [0.25, 0.3) is 0 Å². The minimum atomic E-state index is -0.0953. The lowest BCUT2D eigenvalue weighted by Crippen LogP contribution is -2.05. The zero-order valence-electron chi connectivity index (χ0n) is 13.5. The highest BCUT2D eigenvalue weighted by molar-refractivity contribution is 5.68. The third kappa shape index (κ3) is 13.9. The molecule has 0 aliphatic rings. The highest BCUT2D eigenvalue weighted by Crippen LogP contribution is 2.13. The second-order valence-electron chi connectivity index (χ2n) is 5.74. The molecular formula is C17H34O3. The van der Waals surface area contributed by atoms with Gasteiger partial charge in [-0.1, -0.05) is 64.7 Å². The van der Waals surface area contributed by atoms with Crippen molar-refractivity contribution in [3.8, 4) is 0 Å². The van der Waals surface area contributed by atoms with E-state index in [1.54, 1.807) is 0 Å². The predicted molar refractivity (Wildman–Crippen MR) is 83.7 cm³/mol. The number of rotatable bonds is 14. The van der Waals surface area contributed by atoms with Crippen LogP contribution in [0, 0.1) is 0 Å². The van der Waals surface area contributed by atoms with Gasteiger partial charge in [-0.05, 0) is 19.3 Å². The monoisotopic (exact) mass is 286 g/mol. The van der Waals surface area contributed by atoms with Gasteiger partial charge < -0.3 is 9.84 Å². The summed E-state index contributed by atoms with van der Waals surface area (Å²) in [6, 6.07) is 0. The summed E-state index contributed by atoms with van der Waals surface area (Å²) in [6.07, 6.45) is 14.2. The first-order chi connectivity index (χ1) is 9.70. The summed E-state index contributed by atoms with van der Waals surface area (Å²) >= 11 is 0. The lowest BCUT2D eigenvalue weighted by molar-refractivity contribution is -0.140.